The normalized spacial score (nSPS) is 15.6. The van der Waals surface area contributed by atoms with Crippen LogP contribution in [-0.4, -0.2) is 26.7 Å². The second-order valence-electron chi connectivity index (χ2n) is 6.51. The molecule has 1 saturated heterocycles. The molecule has 1 aliphatic heterocycles. The van der Waals surface area contributed by atoms with Gasteiger partial charge < -0.3 is 0 Å². The number of carbonyl (C=O) groups excluding carboxylic acids is 2. The highest BCUT2D eigenvalue weighted by molar-refractivity contribution is 7.80. The third-order valence-electron chi connectivity index (χ3n) is 4.61. The van der Waals surface area contributed by atoms with Crippen LogP contribution in [0.3, 0.4) is 0 Å². The van der Waals surface area contributed by atoms with E-state index >= 15 is 0 Å². The Kier molecular flexibility index (Phi) is 5.19. The summed E-state index contributed by atoms with van der Waals surface area (Å²) in [4.78, 5) is 26.8. The molecule has 0 bridgehead atoms. The molecule has 0 spiro atoms. The van der Waals surface area contributed by atoms with Gasteiger partial charge in [0.2, 0.25) is 0 Å². The van der Waals surface area contributed by atoms with Crippen LogP contribution >= 0.6 is 23.8 Å². The van der Waals surface area contributed by atoms with Crippen LogP contribution in [0.1, 0.15) is 11.3 Å². The highest BCUT2D eigenvalue weighted by Crippen LogP contribution is 2.24. The fourth-order valence-electron chi connectivity index (χ4n) is 3.04. The Bertz CT molecular complexity index is 1200. The number of thiocarbonyl (C=S) groups is 1. The highest BCUT2D eigenvalue weighted by Gasteiger charge is 2.34. The van der Waals surface area contributed by atoms with E-state index in [-0.39, 0.29) is 16.5 Å². The van der Waals surface area contributed by atoms with Gasteiger partial charge in [-0.2, -0.15) is 5.10 Å². The van der Waals surface area contributed by atoms with Crippen molar-refractivity contribution >= 4 is 52.5 Å². The molecule has 1 aliphatic rings. The molecule has 0 aliphatic carbocycles. The molecule has 150 valence electrons. The number of halogens is 2. The van der Waals surface area contributed by atoms with E-state index in [1.54, 1.807) is 48.0 Å². The molecule has 30 heavy (non-hydrogen) atoms. The molecule has 0 saturated carbocycles. The van der Waals surface area contributed by atoms with Crippen LogP contribution in [0.25, 0.3) is 11.8 Å². The minimum atomic E-state index is -0.593. The summed E-state index contributed by atoms with van der Waals surface area (Å²) in [5.41, 5.74) is 2.31. The summed E-state index contributed by atoms with van der Waals surface area (Å²) < 4.78 is 14.8. The van der Waals surface area contributed by atoms with Crippen LogP contribution < -0.4 is 10.2 Å². The van der Waals surface area contributed by atoms with Crippen LogP contribution in [0.5, 0.6) is 0 Å². The molecule has 3 aromatic rings. The van der Waals surface area contributed by atoms with Crippen LogP contribution in [0.15, 0.2) is 60.3 Å². The number of amides is 2. The van der Waals surface area contributed by atoms with Gasteiger partial charge in [-0.05, 0) is 73.7 Å². The Morgan fingerprint density at radius 3 is 2.37 bits per heavy atom. The zero-order valence-electron chi connectivity index (χ0n) is 15.6. The first-order valence-electron chi connectivity index (χ1n) is 8.83. The van der Waals surface area contributed by atoms with Crippen LogP contribution in [0, 0.1) is 12.7 Å². The summed E-state index contributed by atoms with van der Waals surface area (Å²) in [6, 6.07) is 12.4. The number of rotatable bonds is 3. The summed E-state index contributed by atoms with van der Waals surface area (Å²) >= 11 is 11.1. The Hall–Kier alpha value is -3.36. The highest BCUT2D eigenvalue weighted by atomic mass is 35.5. The monoisotopic (exact) mass is 440 g/mol. The molecule has 9 heteroatoms. The molecule has 2 amide bonds. The van der Waals surface area contributed by atoms with E-state index in [1.165, 1.54) is 29.3 Å². The van der Waals surface area contributed by atoms with Crippen molar-refractivity contribution in [3.8, 4) is 5.69 Å². The average Bonchev–Trinajstić information content (AvgIpc) is 3.07. The van der Waals surface area contributed by atoms with Crippen LogP contribution in [0.4, 0.5) is 10.1 Å². The second-order valence-corrected chi connectivity index (χ2v) is 7.33. The van der Waals surface area contributed by atoms with E-state index in [4.69, 9.17) is 23.8 Å². The first kappa shape index (κ1) is 19.9. The average molecular weight is 441 g/mol. The Labute approximate surface area is 181 Å². The second kappa shape index (κ2) is 7.81. The minimum absolute atomic E-state index is 0.0109. The van der Waals surface area contributed by atoms with Gasteiger partial charge >= 0.3 is 0 Å². The van der Waals surface area contributed by atoms with E-state index in [0.717, 1.165) is 0 Å². The van der Waals surface area contributed by atoms with E-state index < -0.39 is 11.8 Å². The molecular formula is C21H14ClFN4O2S. The maximum atomic E-state index is 13.2. The smallest absolute Gasteiger partial charge is 0.270 e. The predicted octanol–water partition coefficient (Wildman–Crippen LogP) is 3.80. The van der Waals surface area contributed by atoms with Gasteiger partial charge in [-0.3, -0.25) is 19.8 Å². The van der Waals surface area contributed by atoms with Crippen molar-refractivity contribution in [2.75, 3.05) is 4.90 Å². The van der Waals surface area contributed by atoms with Gasteiger partial charge in [0.1, 0.15) is 11.4 Å². The van der Waals surface area contributed by atoms with Crippen LogP contribution in [-0.2, 0) is 9.59 Å². The third kappa shape index (κ3) is 3.62. The molecule has 0 radical (unpaired) electrons. The molecule has 6 nitrogen and oxygen atoms in total. The molecular weight excluding hydrogens is 427 g/mol. The largest absolute Gasteiger partial charge is 0.298 e. The lowest BCUT2D eigenvalue weighted by Gasteiger charge is -2.28. The van der Waals surface area contributed by atoms with Crippen molar-refractivity contribution < 1.29 is 14.0 Å². The van der Waals surface area contributed by atoms with Gasteiger partial charge in [0.05, 0.1) is 17.6 Å². The number of hydrogen-bond donors (Lipinski definition) is 1. The van der Waals surface area contributed by atoms with E-state index in [0.29, 0.717) is 27.7 Å². The van der Waals surface area contributed by atoms with Crippen molar-refractivity contribution in [1.82, 2.24) is 15.1 Å². The fourth-order valence-corrected chi connectivity index (χ4v) is 3.45. The quantitative estimate of drug-likeness (QED) is 0.382. The summed E-state index contributed by atoms with van der Waals surface area (Å²) in [6.45, 7) is 1.79. The number of carbonyl (C=O) groups is 2. The maximum absolute atomic E-state index is 13.2. The molecule has 0 atom stereocenters. The Balaban J connectivity index is 1.71. The van der Waals surface area contributed by atoms with Crippen molar-refractivity contribution in [3.63, 3.8) is 0 Å². The van der Waals surface area contributed by atoms with Crippen molar-refractivity contribution in [1.29, 1.82) is 0 Å². The van der Waals surface area contributed by atoms with Crippen molar-refractivity contribution in [2.45, 2.75) is 6.92 Å². The lowest BCUT2D eigenvalue weighted by Crippen LogP contribution is -2.54. The molecule has 0 unspecified atom stereocenters. The maximum Gasteiger partial charge on any atom is 0.270 e. The van der Waals surface area contributed by atoms with Gasteiger partial charge in [-0.25, -0.2) is 9.07 Å². The lowest BCUT2D eigenvalue weighted by atomic mass is 10.1. The topological polar surface area (TPSA) is 67.2 Å². The zero-order chi connectivity index (χ0) is 21.4. The summed E-state index contributed by atoms with van der Waals surface area (Å²) in [5, 5.41) is 7.32. The number of nitrogens with one attached hydrogen (secondary N) is 1. The van der Waals surface area contributed by atoms with Gasteiger partial charge in [-0.1, -0.05) is 11.6 Å². The third-order valence-corrected chi connectivity index (χ3v) is 5.14. The van der Waals surface area contributed by atoms with Gasteiger partial charge in [-0.15, -0.1) is 0 Å². The standard InChI is InChI=1S/C21H14ClFN4O2S/c1-12-13(11-24-27(12)17-8-4-15(23)5-9-17)10-18-19(28)25-21(30)26(20(18)29)16-6-2-14(22)3-7-16/h2-11H,1H3,(H,25,28,30). The van der Waals surface area contributed by atoms with E-state index in [1.807, 2.05) is 0 Å². The molecule has 4 rings (SSSR count). The SMILES string of the molecule is Cc1c(C=C2C(=O)NC(=S)N(c3ccc(Cl)cc3)C2=O)cnn1-c1ccc(F)cc1. The summed E-state index contributed by atoms with van der Waals surface area (Å²) in [6.07, 6.45) is 3.00. The molecule has 2 aromatic carbocycles. The Morgan fingerprint density at radius 2 is 1.70 bits per heavy atom. The van der Waals surface area contributed by atoms with Crippen LogP contribution in [0.2, 0.25) is 5.02 Å². The number of benzene rings is 2. The minimum Gasteiger partial charge on any atom is -0.298 e. The zero-order valence-corrected chi connectivity index (χ0v) is 17.2. The summed E-state index contributed by atoms with van der Waals surface area (Å²) in [7, 11) is 0. The first-order chi connectivity index (χ1) is 14.3. The summed E-state index contributed by atoms with van der Waals surface area (Å²) in [5.74, 6) is -1.50. The molecule has 1 fully saturated rings. The van der Waals surface area contributed by atoms with Crippen molar-refractivity contribution in [2.24, 2.45) is 0 Å². The number of aromatic nitrogens is 2. The first-order valence-corrected chi connectivity index (χ1v) is 9.61. The van der Waals surface area contributed by atoms with E-state index in [2.05, 4.69) is 10.4 Å². The van der Waals surface area contributed by atoms with Gasteiger partial charge in [0, 0.05) is 16.3 Å². The number of nitrogens with zero attached hydrogens (tertiary/aromatic N) is 3. The van der Waals surface area contributed by atoms with Gasteiger partial charge in [0.15, 0.2) is 5.11 Å². The molecule has 2 heterocycles. The predicted molar refractivity (Wildman–Crippen MR) is 116 cm³/mol. The lowest BCUT2D eigenvalue weighted by molar-refractivity contribution is -0.122. The number of anilines is 1. The number of hydrogen-bond acceptors (Lipinski definition) is 4. The van der Waals surface area contributed by atoms with E-state index in [9.17, 15) is 14.0 Å². The Morgan fingerprint density at radius 1 is 1.07 bits per heavy atom. The molecule has 1 aromatic heterocycles. The fraction of sp³-hybridized carbons (Fsp3) is 0.0476. The van der Waals surface area contributed by atoms with Gasteiger partial charge in [0.25, 0.3) is 11.8 Å². The molecule has 1 N–H and O–H groups in total. The van der Waals surface area contributed by atoms with Crippen molar-refractivity contribution in [3.05, 3.63) is 82.4 Å².